The van der Waals surface area contributed by atoms with Crippen molar-refractivity contribution in [3.8, 4) is 17.0 Å². The lowest BCUT2D eigenvalue weighted by Crippen LogP contribution is -2.63. The summed E-state index contributed by atoms with van der Waals surface area (Å²) in [6.45, 7) is 6.32. The van der Waals surface area contributed by atoms with E-state index in [1.54, 1.807) is 6.07 Å². The third kappa shape index (κ3) is 5.03. The minimum Gasteiger partial charge on any atom is -0.507 e. The van der Waals surface area contributed by atoms with Crippen LogP contribution in [0.3, 0.4) is 0 Å². The first kappa shape index (κ1) is 29.0. The molecular weight excluding hydrogens is 594 g/mol. The molecule has 246 valence electrons. The minimum absolute atomic E-state index is 0.126. The number of nitrogens with one attached hydrogen (secondary N) is 1. The van der Waals surface area contributed by atoms with Gasteiger partial charge < -0.3 is 30.2 Å². The summed E-state index contributed by atoms with van der Waals surface area (Å²) in [5, 5.41) is 32.1. The first-order valence-electron chi connectivity index (χ1n) is 17.4. The second-order valence-electron chi connectivity index (χ2n) is 14.9. The van der Waals surface area contributed by atoms with Gasteiger partial charge in [0.05, 0.1) is 41.4 Å². The Bertz CT molecular complexity index is 1660. The Morgan fingerprint density at radius 2 is 1.68 bits per heavy atom. The molecule has 0 unspecified atom stereocenters. The number of piperazine rings is 2. The van der Waals surface area contributed by atoms with Gasteiger partial charge >= 0.3 is 5.97 Å². The molecule has 0 amide bonds. The molecule has 3 aliphatic carbocycles. The highest BCUT2D eigenvalue weighted by Gasteiger charge is 2.58. The molecule has 1 aromatic carbocycles. The third-order valence-electron chi connectivity index (χ3n) is 12.2. The van der Waals surface area contributed by atoms with E-state index >= 15 is 0 Å². The summed E-state index contributed by atoms with van der Waals surface area (Å²) < 4.78 is 0. The molecule has 1 atom stereocenters. The molecule has 47 heavy (non-hydrogen) atoms. The van der Waals surface area contributed by atoms with Gasteiger partial charge in [0, 0.05) is 63.0 Å². The highest BCUT2D eigenvalue weighted by Crippen LogP contribution is 2.58. The van der Waals surface area contributed by atoms with Crippen LogP contribution in [0.15, 0.2) is 42.7 Å². The number of rotatable bonds is 5. The van der Waals surface area contributed by atoms with Crippen LogP contribution < -0.4 is 20.0 Å². The van der Waals surface area contributed by atoms with Gasteiger partial charge in [-0.3, -0.25) is 9.69 Å². The number of hydrogen-bond donors (Lipinski definition) is 3. The van der Waals surface area contributed by atoms with E-state index in [4.69, 9.17) is 9.97 Å². The first-order valence-corrected chi connectivity index (χ1v) is 17.4. The number of para-hydroxylation sites is 1. The topological polar surface area (TPSA) is 134 Å². The van der Waals surface area contributed by atoms with Crippen molar-refractivity contribution < 1.29 is 15.0 Å². The predicted molar refractivity (Wildman–Crippen MR) is 179 cm³/mol. The van der Waals surface area contributed by atoms with Gasteiger partial charge in [-0.1, -0.05) is 12.1 Å². The van der Waals surface area contributed by atoms with Crippen LogP contribution >= 0.6 is 0 Å². The van der Waals surface area contributed by atoms with Crippen LogP contribution in [-0.4, -0.2) is 105 Å². The van der Waals surface area contributed by atoms with Crippen LogP contribution in [0.4, 0.5) is 23.1 Å². The fourth-order valence-corrected chi connectivity index (χ4v) is 9.35. The molecule has 5 heterocycles. The Balaban J connectivity index is 0.823. The van der Waals surface area contributed by atoms with Crippen LogP contribution in [0.1, 0.15) is 51.4 Å². The summed E-state index contributed by atoms with van der Waals surface area (Å²) in [5.41, 5.74) is 4.15. The lowest BCUT2D eigenvalue weighted by atomic mass is 9.56. The molecule has 3 aromatic rings. The summed E-state index contributed by atoms with van der Waals surface area (Å²) in [6, 6.07) is 10.2. The number of carbonyl (C=O) groups is 1. The second-order valence-corrected chi connectivity index (χ2v) is 14.9. The summed E-state index contributed by atoms with van der Waals surface area (Å²) >= 11 is 0. The molecule has 3 N–H and O–H groups in total. The number of carboxylic acid groups (broad SMARTS) is 1. The zero-order valence-electron chi connectivity index (χ0n) is 26.8. The summed E-state index contributed by atoms with van der Waals surface area (Å²) in [5.74, 6) is 1.03. The largest absolute Gasteiger partial charge is 0.507 e. The van der Waals surface area contributed by atoms with Crippen molar-refractivity contribution in [2.75, 3.05) is 65.8 Å². The number of phenols is 1. The van der Waals surface area contributed by atoms with E-state index in [1.807, 2.05) is 36.7 Å². The highest BCUT2D eigenvalue weighted by molar-refractivity contribution is 5.77. The van der Waals surface area contributed by atoms with Crippen molar-refractivity contribution in [3.05, 3.63) is 42.7 Å². The number of hydrogen-bond acceptors (Lipinski definition) is 11. The normalized spacial score (nSPS) is 29.5. The SMILES string of the molecule is O=C(O)C1CCC2(CC1)CC(N1CCN(c3cnc(N4CCN5c6cc(-c7ccccc7O)nnc6NC[C@H]5C4)nc3)CC13CC3)C2. The number of carboxylic acids is 1. The Morgan fingerprint density at radius 3 is 2.43 bits per heavy atom. The summed E-state index contributed by atoms with van der Waals surface area (Å²) in [7, 11) is 0. The van der Waals surface area contributed by atoms with Crippen molar-refractivity contribution in [1.82, 2.24) is 25.1 Å². The van der Waals surface area contributed by atoms with Crippen LogP contribution in [0.2, 0.25) is 0 Å². The number of aromatic nitrogens is 4. The van der Waals surface area contributed by atoms with E-state index in [0.29, 0.717) is 22.7 Å². The Labute approximate surface area is 274 Å². The number of fused-ring (bicyclic) bond motifs is 3. The van der Waals surface area contributed by atoms with E-state index in [-0.39, 0.29) is 23.2 Å². The molecule has 5 fully saturated rings. The summed E-state index contributed by atoms with van der Waals surface area (Å²) in [4.78, 5) is 31.2. The monoisotopic (exact) mass is 637 g/mol. The maximum atomic E-state index is 11.4. The fraction of sp³-hybridized carbons (Fsp3) is 0.571. The molecule has 12 nitrogen and oxygen atoms in total. The number of aliphatic carboxylic acids is 1. The predicted octanol–water partition coefficient (Wildman–Crippen LogP) is 3.84. The molecule has 2 aromatic heterocycles. The number of phenolic OH excluding ortho intramolecular Hbond substituents is 1. The smallest absolute Gasteiger partial charge is 0.306 e. The molecule has 3 aliphatic heterocycles. The highest BCUT2D eigenvalue weighted by atomic mass is 16.4. The maximum Gasteiger partial charge on any atom is 0.306 e. The number of anilines is 4. The van der Waals surface area contributed by atoms with Crippen LogP contribution in [0.5, 0.6) is 5.75 Å². The molecule has 0 bridgehead atoms. The van der Waals surface area contributed by atoms with Gasteiger partial charge in [-0.25, -0.2) is 9.97 Å². The zero-order valence-corrected chi connectivity index (χ0v) is 26.8. The third-order valence-corrected chi connectivity index (χ3v) is 12.2. The Hall–Kier alpha value is -4.19. The van der Waals surface area contributed by atoms with E-state index in [2.05, 4.69) is 35.1 Å². The second kappa shape index (κ2) is 10.9. The van der Waals surface area contributed by atoms with E-state index in [0.717, 1.165) is 94.6 Å². The van der Waals surface area contributed by atoms with Gasteiger partial charge in [0.2, 0.25) is 5.95 Å². The van der Waals surface area contributed by atoms with Gasteiger partial charge in [0.1, 0.15) is 5.75 Å². The van der Waals surface area contributed by atoms with Crippen molar-refractivity contribution >= 4 is 29.1 Å². The molecule has 2 saturated heterocycles. The number of nitrogens with zero attached hydrogens (tertiary/aromatic N) is 8. The average Bonchev–Trinajstić information content (AvgIpc) is 3.86. The lowest BCUT2D eigenvalue weighted by molar-refractivity contribution is -0.145. The average molecular weight is 638 g/mol. The molecule has 9 rings (SSSR count). The first-order chi connectivity index (χ1) is 22.9. The Kier molecular flexibility index (Phi) is 6.74. The number of benzene rings is 1. The van der Waals surface area contributed by atoms with Gasteiger partial charge in [-0.05, 0) is 75.0 Å². The van der Waals surface area contributed by atoms with E-state index < -0.39 is 5.97 Å². The molecule has 0 radical (unpaired) electrons. The zero-order chi connectivity index (χ0) is 31.8. The van der Waals surface area contributed by atoms with Crippen molar-refractivity contribution in [2.45, 2.75) is 69.0 Å². The fourth-order valence-electron chi connectivity index (χ4n) is 9.35. The summed E-state index contributed by atoms with van der Waals surface area (Å²) in [6.07, 6.45) is 12.9. The van der Waals surface area contributed by atoms with Gasteiger partial charge in [0.15, 0.2) is 5.82 Å². The molecule has 12 heteroatoms. The van der Waals surface area contributed by atoms with Gasteiger partial charge in [-0.2, -0.15) is 0 Å². The van der Waals surface area contributed by atoms with Crippen molar-refractivity contribution in [3.63, 3.8) is 0 Å². The van der Waals surface area contributed by atoms with Gasteiger partial charge in [0.25, 0.3) is 0 Å². The van der Waals surface area contributed by atoms with Crippen LogP contribution in [-0.2, 0) is 4.79 Å². The number of aromatic hydroxyl groups is 1. The van der Waals surface area contributed by atoms with Gasteiger partial charge in [-0.15, -0.1) is 10.2 Å². The Morgan fingerprint density at radius 1 is 0.915 bits per heavy atom. The van der Waals surface area contributed by atoms with Crippen LogP contribution in [0.25, 0.3) is 11.3 Å². The minimum atomic E-state index is -0.604. The molecule has 6 aliphatic rings. The standard InChI is InChI=1S/C35H43N9O3/c45-30-4-2-1-3-27(30)28-15-29-31(40-39-28)36-20-26-21-41(11-13-43(26)29)33-37-18-25(19-38-33)42-12-14-44(35(22-42)9-10-35)24-16-34(17-24)7-5-23(6-8-34)32(46)47/h1-4,15,18-19,23-24,26,45H,5-14,16-17,20-22H2,(H,36,40)(H,46,47)/t23?,24?,26-,34?/m0/s1. The van der Waals surface area contributed by atoms with Crippen molar-refractivity contribution in [2.24, 2.45) is 11.3 Å². The molecule has 2 spiro atoms. The quantitative estimate of drug-likeness (QED) is 0.375. The molecule has 3 saturated carbocycles. The lowest BCUT2D eigenvalue weighted by Gasteiger charge is -2.58. The maximum absolute atomic E-state index is 11.4. The van der Waals surface area contributed by atoms with Crippen molar-refractivity contribution in [1.29, 1.82) is 0 Å². The van der Waals surface area contributed by atoms with Crippen LogP contribution in [0, 0.1) is 11.3 Å². The molecular formula is C35H43N9O3. The van der Waals surface area contributed by atoms with E-state index in [1.165, 1.54) is 25.7 Å². The van der Waals surface area contributed by atoms with E-state index in [9.17, 15) is 15.0 Å².